The molecule has 0 fully saturated rings. The number of aromatic nitrogens is 3. The summed E-state index contributed by atoms with van der Waals surface area (Å²) < 4.78 is 26.7. The first kappa shape index (κ1) is 18.4. The Hall–Kier alpha value is -2.40. The monoisotopic (exact) mass is 409 g/mol. The van der Waals surface area contributed by atoms with Crippen LogP contribution in [-0.2, 0) is 16.6 Å². The largest absolute Gasteiger partial charge is 0.296 e. The summed E-state index contributed by atoms with van der Waals surface area (Å²) in [6.07, 6.45) is 3.13. The third-order valence-corrected chi connectivity index (χ3v) is 6.13. The summed E-state index contributed by atoms with van der Waals surface area (Å²) in [6.45, 7) is 0.0890. The van der Waals surface area contributed by atoms with E-state index in [0.717, 1.165) is 16.9 Å². The quantitative estimate of drug-likeness (QED) is 0.604. The Morgan fingerprint density at radius 3 is 2.58 bits per heavy atom. The van der Waals surface area contributed by atoms with Gasteiger partial charge in [0.2, 0.25) is 9.47 Å². The van der Waals surface area contributed by atoms with E-state index in [1.165, 1.54) is 0 Å². The van der Waals surface area contributed by atoms with E-state index in [1.54, 1.807) is 48.8 Å². The third kappa shape index (κ3) is 4.41. The molecule has 2 N–H and O–H groups in total. The Kier molecular flexibility index (Phi) is 5.57. The van der Waals surface area contributed by atoms with Crippen LogP contribution in [0.3, 0.4) is 0 Å². The Morgan fingerprint density at radius 1 is 1.12 bits per heavy atom. The van der Waals surface area contributed by atoms with Crippen LogP contribution in [0.5, 0.6) is 0 Å². The van der Waals surface area contributed by atoms with Crippen molar-refractivity contribution in [3.8, 4) is 0 Å². The van der Waals surface area contributed by atoms with Crippen molar-refractivity contribution < 1.29 is 13.2 Å². The van der Waals surface area contributed by atoms with Crippen LogP contribution in [0, 0.1) is 0 Å². The molecule has 1 amide bonds. The number of carbonyl (C=O) groups is 1. The van der Waals surface area contributed by atoms with E-state index in [0.29, 0.717) is 0 Å². The Bertz CT molecular complexity index is 1020. The van der Waals surface area contributed by atoms with Crippen molar-refractivity contribution >= 4 is 44.0 Å². The predicted octanol–water partition coefficient (Wildman–Crippen LogP) is 2.32. The minimum Gasteiger partial charge on any atom is -0.296 e. The summed E-state index contributed by atoms with van der Waals surface area (Å²) >= 11 is 6.70. The molecule has 0 aliphatic rings. The molecule has 8 nitrogen and oxygen atoms in total. The number of halogens is 1. The average molecular weight is 410 g/mol. The van der Waals surface area contributed by atoms with Crippen molar-refractivity contribution in [3.05, 3.63) is 64.9 Å². The van der Waals surface area contributed by atoms with Crippen LogP contribution in [0.15, 0.2) is 53.1 Å². The minimum atomic E-state index is -3.85. The van der Waals surface area contributed by atoms with Gasteiger partial charge in [-0.3, -0.25) is 15.1 Å². The number of benzene rings is 1. The Balaban J connectivity index is 1.69. The van der Waals surface area contributed by atoms with Crippen LogP contribution < -0.4 is 10.0 Å². The molecule has 2 aromatic heterocycles. The van der Waals surface area contributed by atoms with Gasteiger partial charge in [-0.15, -0.1) is 10.2 Å². The molecule has 26 heavy (non-hydrogen) atoms. The number of nitrogens with zero attached hydrogens (tertiary/aromatic N) is 3. The molecule has 0 aliphatic carbocycles. The molecule has 134 valence electrons. The Labute approximate surface area is 158 Å². The van der Waals surface area contributed by atoms with Crippen molar-refractivity contribution in [1.82, 2.24) is 19.9 Å². The summed E-state index contributed by atoms with van der Waals surface area (Å²) in [5.41, 5.74) is 1.00. The highest BCUT2D eigenvalue weighted by atomic mass is 35.5. The van der Waals surface area contributed by atoms with E-state index in [-0.39, 0.29) is 26.6 Å². The zero-order valence-corrected chi connectivity index (χ0v) is 15.5. The molecular weight excluding hydrogens is 398 g/mol. The first-order chi connectivity index (χ1) is 12.5. The van der Waals surface area contributed by atoms with Gasteiger partial charge in [0.25, 0.3) is 15.9 Å². The number of hydrogen-bond acceptors (Lipinski definition) is 7. The van der Waals surface area contributed by atoms with Crippen LogP contribution in [0.4, 0.5) is 5.13 Å². The average Bonchev–Trinajstić information content (AvgIpc) is 3.11. The lowest BCUT2D eigenvalue weighted by atomic mass is 10.2. The van der Waals surface area contributed by atoms with Crippen molar-refractivity contribution in [2.75, 3.05) is 5.32 Å². The van der Waals surface area contributed by atoms with E-state index >= 15 is 0 Å². The van der Waals surface area contributed by atoms with Crippen LogP contribution >= 0.6 is 22.9 Å². The number of pyridine rings is 1. The van der Waals surface area contributed by atoms with Gasteiger partial charge in [-0.1, -0.05) is 35.1 Å². The van der Waals surface area contributed by atoms with Crippen molar-refractivity contribution in [3.63, 3.8) is 0 Å². The molecule has 0 bridgehead atoms. The number of hydrogen-bond donors (Lipinski definition) is 2. The summed E-state index contributed by atoms with van der Waals surface area (Å²) in [5.74, 6) is -0.500. The van der Waals surface area contributed by atoms with Gasteiger partial charge < -0.3 is 0 Å². The molecule has 3 rings (SSSR count). The fraction of sp³-hybridized carbons (Fsp3) is 0.0667. The summed E-state index contributed by atoms with van der Waals surface area (Å²) in [7, 11) is -3.85. The summed E-state index contributed by atoms with van der Waals surface area (Å²) in [6, 6.07) is 9.88. The fourth-order valence-corrected chi connectivity index (χ4v) is 4.09. The summed E-state index contributed by atoms with van der Waals surface area (Å²) in [4.78, 5) is 16.0. The van der Waals surface area contributed by atoms with Gasteiger partial charge in [-0.05, 0) is 29.8 Å². The minimum absolute atomic E-state index is 0.0548. The number of amides is 1. The number of rotatable bonds is 6. The molecule has 0 radical (unpaired) electrons. The van der Waals surface area contributed by atoms with Gasteiger partial charge in [-0.2, -0.15) is 0 Å². The highest BCUT2D eigenvalue weighted by Crippen LogP contribution is 2.22. The highest BCUT2D eigenvalue weighted by molar-refractivity contribution is 7.91. The van der Waals surface area contributed by atoms with E-state index in [2.05, 4.69) is 25.2 Å². The molecule has 3 aromatic rings. The number of sulfonamides is 1. The van der Waals surface area contributed by atoms with Crippen molar-refractivity contribution in [2.45, 2.75) is 10.9 Å². The smallest absolute Gasteiger partial charge is 0.270 e. The molecule has 0 atom stereocenters. The van der Waals surface area contributed by atoms with E-state index in [1.807, 2.05) is 0 Å². The molecule has 11 heteroatoms. The second-order valence-corrected chi connectivity index (χ2v) is 8.31. The molecule has 0 unspecified atom stereocenters. The standard InChI is InChI=1S/C15H12ClN5O3S2/c16-12-4-2-1-3-11(12)13(22)19-14-20-21-15(25-14)26(23,24)18-9-10-5-7-17-8-6-10/h1-8,18H,9H2,(H,19,20,22). The topological polar surface area (TPSA) is 114 Å². The second-order valence-electron chi connectivity index (χ2n) is 4.99. The molecule has 0 spiro atoms. The van der Waals surface area contributed by atoms with Crippen LogP contribution in [-0.4, -0.2) is 29.5 Å². The van der Waals surface area contributed by atoms with Crippen LogP contribution in [0.1, 0.15) is 15.9 Å². The maximum Gasteiger partial charge on any atom is 0.270 e. The van der Waals surface area contributed by atoms with Crippen LogP contribution in [0.25, 0.3) is 0 Å². The summed E-state index contributed by atoms with van der Waals surface area (Å²) in [5, 5.41) is 10.1. The van der Waals surface area contributed by atoms with E-state index < -0.39 is 15.9 Å². The number of carbonyl (C=O) groups excluding carboxylic acids is 1. The molecule has 1 aromatic carbocycles. The van der Waals surface area contributed by atoms with Gasteiger partial charge in [0.15, 0.2) is 0 Å². The van der Waals surface area contributed by atoms with Crippen LogP contribution in [0.2, 0.25) is 5.02 Å². The molecular formula is C15H12ClN5O3S2. The van der Waals surface area contributed by atoms with Crippen molar-refractivity contribution in [1.29, 1.82) is 0 Å². The maximum atomic E-state index is 12.3. The zero-order chi connectivity index (χ0) is 18.6. The van der Waals surface area contributed by atoms with Gasteiger partial charge in [-0.25, -0.2) is 13.1 Å². The van der Waals surface area contributed by atoms with Gasteiger partial charge in [0.05, 0.1) is 10.6 Å². The normalized spacial score (nSPS) is 11.3. The molecule has 0 saturated carbocycles. The molecule has 0 aliphatic heterocycles. The number of nitrogens with one attached hydrogen (secondary N) is 2. The first-order valence-electron chi connectivity index (χ1n) is 7.24. The molecule has 0 saturated heterocycles. The van der Waals surface area contributed by atoms with Gasteiger partial charge >= 0.3 is 0 Å². The predicted molar refractivity (Wildman–Crippen MR) is 97.6 cm³/mol. The highest BCUT2D eigenvalue weighted by Gasteiger charge is 2.21. The lowest BCUT2D eigenvalue weighted by Crippen LogP contribution is -2.23. The molecule has 2 heterocycles. The lowest BCUT2D eigenvalue weighted by molar-refractivity contribution is 0.102. The van der Waals surface area contributed by atoms with Gasteiger partial charge in [0.1, 0.15) is 0 Å². The Morgan fingerprint density at radius 2 is 1.85 bits per heavy atom. The first-order valence-corrected chi connectivity index (χ1v) is 9.91. The zero-order valence-electron chi connectivity index (χ0n) is 13.1. The van der Waals surface area contributed by atoms with E-state index in [4.69, 9.17) is 11.6 Å². The maximum absolute atomic E-state index is 12.3. The van der Waals surface area contributed by atoms with Gasteiger partial charge in [0, 0.05) is 18.9 Å². The SMILES string of the molecule is O=C(Nc1nnc(S(=O)(=O)NCc2ccncc2)s1)c1ccccc1Cl. The van der Waals surface area contributed by atoms with Crippen molar-refractivity contribution in [2.24, 2.45) is 0 Å². The van der Waals surface area contributed by atoms with E-state index in [9.17, 15) is 13.2 Å². The fourth-order valence-electron chi connectivity index (χ4n) is 1.92. The number of anilines is 1. The lowest BCUT2D eigenvalue weighted by Gasteiger charge is -2.03. The second kappa shape index (κ2) is 7.87. The third-order valence-electron chi connectivity index (χ3n) is 3.19.